The number of nitrogens with zero attached hydrogens (tertiary/aromatic N) is 2. The smallest absolute Gasteiger partial charge is 0.324 e. The van der Waals surface area contributed by atoms with E-state index in [-0.39, 0.29) is 12.6 Å². The first-order chi connectivity index (χ1) is 9.51. The van der Waals surface area contributed by atoms with Crippen molar-refractivity contribution < 1.29 is 19.4 Å². The molecule has 1 rings (SSSR count). The molecule has 0 aliphatic carbocycles. The van der Waals surface area contributed by atoms with Crippen LogP contribution >= 0.6 is 0 Å². The number of aliphatic carboxylic acids is 1. The van der Waals surface area contributed by atoms with Crippen molar-refractivity contribution in [3.63, 3.8) is 0 Å². The first-order valence-electron chi connectivity index (χ1n) is 6.38. The zero-order chi connectivity index (χ0) is 15.1. The maximum atomic E-state index is 12.4. The van der Waals surface area contributed by atoms with Gasteiger partial charge < -0.3 is 14.7 Å². The lowest BCUT2D eigenvalue weighted by molar-refractivity contribution is -0.137. The van der Waals surface area contributed by atoms with E-state index in [9.17, 15) is 9.59 Å². The summed E-state index contributed by atoms with van der Waals surface area (Å²) >= 11 is 0. The molecule has 0 spiro atoms. The summed E-state index contributed by atoms with van der Waals surface area (Å²) < 4.78 is 5.21. The fourth-order valence-corrected chi connectivity index (χ4v) is 1.90. The summed E-state index contributed by atoms with van der Waals surface area (Å²) in [5, 5.41) is 8.88. The number of carbonyl (C=O) groups excluding carboxylic acids is 1. The molecule has 1 aromatic rings. The molecule has 0 bridgehead atoms. The van der Waals surface area contributed by atoms with Gasteiger partial charge in [0.25, 0.3) is 0 Å². The standard InChI is InChI=1S/C14H20N2O4/c1-4-9-16(10-13(17)18)14(19)15(2)11-7-5-6-8-12(11)20-3/h5-8H,4,9-10H2,1-3H3,(H,17,18). The summed E-state index contributed by atoms with van der Waals surface area (Å²) in [6.07, 6.45) is 0.693. The van der Waals surface area contributed by atoms with Crippen LogP contribution in [0.3, 0.4) is 0 Å². The Balaban J connectivity index is 2.95. The van der Waals surface area contributed by atoms with Gasteiger partial charge in [0.15, 0.2) is 0 Å². The van der Waals surface area contributed by atoms with Crippen LogP contribution in [0.5, 0.6) is 5.75 Å². The van der Waals surface area contributed by atoms with Gasteiger partial charge in [0.05, 0.1) is 12.8 Å². The van der Waals surface area contributed by atoms with E-state index in [1.165, 1.54) is 16.9 Å². The minimum absolute atomic E-state index is 0.313. The summed E-state index contributed by atoms with van der Waals surface area (Å²) in [4.78, 5) is 25.9. The third kappa shape index (κ3) is 3.88. The number of hydrogen-bond donors (Lipinski definition) is 1. The van der Waals surface area contributed by atoms with Crippen molar-refractivity contribution in [1.82, 2.24) is 4.90 Å². The van der Waals surface area contributed by atoms with E-state index in [2.05, 4.69) is 0 Å². The SMILES string of the molecule is CCCN(CC(=O)O)C(=O)N(C)c1ccccc1OC. The Kier molecular flexibility index (Phi) is 5.83. The summed E-state index contributed by atoms with van der Waals surface area (Å²) in [5.41, 5.74) is 0.603. The van der Waals surface area contributed by atoms with Crippen LogP contribution in [0.4, 0.5) is 10.5 Å². The number of anilines is 1. The molecular weight excluding hydrogens is 260 g/mol. The molecule has 0 unspecified atom stereocenters. The number of carbonyl (C=O) groups is 2. The molecule has 0 aliphatic rings. The van der Waals surface area contributed by atoms with E-state index >= 15 is 0 Å². The first-order valence-corrected chi connectivity index (χ1v) is 6.38. The minimum atomic E-state index is -1.03. The summed E-state index contributed by atoms with van der Waals surface area (Å²) in [5.74, 6) is -0.463. The molecule has 2 amide bonds. The molecule has 0 saturated heterocycles. The predicted octanol–water partition coefficient (Wildman–Crippen LogP) is 2.05. The van der Waals surface area contributed by atoms with Gasteiger partial charge in [-0.25, -0.2) is 4.79 Å². The highest BCUT2D eigenvalue weighted by Gasteiger charge is 2.22. The highest BCUT2D eigenvalue weighted by molar-refractivity contribution is 5.94. The van der Waals surface area contributed by atoms with Crippen molar-refractivity contribution in [1.29, 1.82) is 0 Å². The number of para-hydroxylation sites is 2. The minimum Gasteiger partial charge on any atom is -0.495 e. The fourth-order valence-electron chi connectivity index (χ4n) is 1.90. The monoisotopic (exact) mass is 280 g/mol. The van der Waals surface area contributed by atoms with Crippen molar-refractivity contribution in [3.8, 4) is 5.75 Å². The van der Waals surface area contributed by atoms with Crippen LogP contribution in [-0.2, 0) is 4.79 Å². The molecular formula is C14H20N2O4. The Hall–Kier alpha value is -2.24. The number of benzene rings is 1. The third-order valence-corrected chi connectivity index (χ3v) is 2.82. The van der Waals surface area contributed by atoms with Crippen molar-refractivity contribution in [2.45, 2.75) is 13.3 Å². The Labute approximate surface area is 118 Å². The number of hydrogen-bond acceptors (Lipinski definition) is 3. The van der Waals surface area contributed by atoms with Gasteiger partial charge in [0.2, 0.25) is 0 Å². The summed E-state index contributed by atoms with van der Waals surface area (Å²) in [7, 11) is 3.13. The van der Waals surface area contributed by atoms with Gasteiger partial charge in [-0.15, -0.1) is 0 Å². The number of ether oxygens (including phenoxy) is 1. The van der Waals surface area contributed by atoms with Crippen LogP contribution in [0.1, 0.15) is 13.3 Å². The van der Waals surface area contributed by atoms with Crippen molar-refractivity contribution in [2.24, 2.45) is 0 Å². The highest BCUT2D eigenvalue weighted by atomic mass is 16.5. The molecule has 0 radical (unpaired) electrons. The van der Waals surface area contributed by atoms with Crippen LogP contribution in [0.15, 0.2) is 24.3 Å². The van der Waals surface area contributed by atoms with Gasteiger partial charge >= 0.3 is 12.0 Å². The molecule has 20 heavy (non-hydrogen) atoms. The van der Waals surface area contributed by atoms with Crippen molar-refractivity contribution in [3.05, 3.63) is 24.3 Å². The van der Waals surface area contributed by atoms with Gasteiger partial charge in [0.1, 0.15) is 12.3 Å². The average Bonchev–Trinajstić information content (AvgIpc) is 2.44. The molecule has 0 atom stereocenters. The lowest BCUT2D eigenvalue weighted by Gasteiger charge is -2.27. The summed E-state index contributed by atoms with van der Waals surface area (Å²) in [6.45, 7) is 1.97. The average molecular weight is 280 g/mol. The second kappa shape index (κ2) is 7.37. The number of carboxylic acid groups (broad SMARTS) is 1. The zero-order valence-corrected chi connectivity index (χ0v) is 12.0. The van der Waals surface area contributed by atoms with Gasteiger partial charge in [-0.3, -0.25) is 9.69 Å². The van der Waals surface area contributed by atoms with E-state index in [1.54, 1.807) is 25.2 Å². The topological polar surface area (TPSA) is 70.1 Å². The normalized spacial score (nSPS) is 9.95. The molecule has 0 saturated carbocycles. The van der Waals surface area contributed by atoms with Crippen LogP contribution in [0.25, 0.3) is 0 Å². The van der Waals surface area contributed by atoms with Gasteiger partial charge in [-0.05, 0) is 18.6 Å². The second-order valence-corrected chi connectivity index (χ2v) is 4.33. The Morgan fingerprint density at radius 1 is 1.30 bits per heavy atom. The third-order valence-electron chi connectivity index (χ3n) is 2.82. The second-order valence-electron chi connectivity index (χ2n) is 4.33. The number of rotatable bonds is 6. The number of urea groups is 1. The predicted molar refractivity (Wildman–Crippen MR) is 76.3 cm³/mol. The van der Waals surface area contributed by atoms with Gasteiger partial charge in [-0.2, -0.15) is 0 Å². The lowest BCUT2D eigenvalue weighted by Crippen LogP contribution is -2.44. The van der Waals surface area contributed by atoms with Gasteiger partial charge in [0, 0.05) is 13.6 Å². The van der Waals surface area contributed by atoms with Crippen LogP contribution < -0.4 is 9.64 Å². The molecule has 1 N–H and O–H groups in total. The Morgan fingerprint density at radius 3 is 2.50 bits per heavy atom. The summed E-state index contributed by atoms with van der Waals surface area (Å²) in [6, 6.07) is 6.74. The molecule has 110 valence electrons. The highest BCUT2D eigenvalue weighted by Crippen LogP contribution is 2.27. The largest absolute Gasteiger partial charge is 0.495 e. The Bertz CT molecular complexity index is 476. The molecule has 1 aromatic carbocycles. The van der Waals surface area contributed by atoms with Crippen LogP contribution in [0.2, 0.25) is 0 Å². The number of methoxy groups -OCH3 is 1. The first kappa shape index (κ1) is 15.8. The van der Waals surface area contributed by atoms with Crippen molar-refractivity contribution in [2.75, 3.05) is 32.1 Å². The van der Waals surface area contributed by atoms with E-state index in [0.717, 1.165) is 0 Å². The fraction of sp³-hybridized carbons (Fsp3) is 0.429. The number of carboxylic acids is 1. The molecule has 6 heteroatoms. The van der Waals surface area contributed by atoms with E-state index < -0.39 is 5.97 Å². The van der Waals surface area contributed by atoms with Crippen molar-refractivity contribution >= 4 is 17.7 Å². The number of amides is 2. The van der Waals surface area contributed by atoms with E-state index in [4.69, 9.17) is 9.84 Å². The lowest BCUT2D eigenvalue weighted by atomic mass is 10.2. The maximum absolute atomic E-state index is 12.4. The zero-order valence-electron chi connectivity index (χ0n) is 12.0. The molecule has 6 nitrogen and oxygen atoms in total. The van der Waals surface area contributed by atoms with E-state index in [0.29, 0.717) is 24.4 Å². The molecule has 0 aliphatic heterocycles. The van der Waals surface area contributed by atoms with Crippen LogP contribution in [-0.4, -0.2) is 49.3 Å². The molecule has 0 heterocycles. The van der Waals surface area contributed by atoms with Crippen LogP contribution in [0, 0.1) is 0 Å². The van der Waals surface area contributed by atoms with E-state index in [1.807, 2.05) is 13.0 Å². The molecule has 0 fully saturated rings. The quantitative estimate of drug-likeness (QED) is 0.865. The Morgan fingerprint density at radius 2 is 1.95 bits per heavy atom. The molecule has 0 aromatic heterocycles. The van der Waals surface area contributed by atoms with Gasteiger partial charge in [-0.1, -0.05) is 19.1 Å². The maximum Gasteiger partial charge on any atom is 0.324 e.